The van der Waals surface area contributed by atoms with E-state index >= 15 is 0 Å². The number of ether oxygens (including phenoxy) is 1. The molecule has 0 spiro atoms. The number of aromatic nitrogens is 2. The quantitative estimate of drug-likeness (QED) is 0.439. The second kappa shape index (κ2) is 8.92. The van der Waals surface area contributed by atoms with Crippen LogP contribution in [-0.2, 0) is 11.3 Å². The lowest BCUT2D eigenvalue weighted by Gasteiger charge is -2.20. The van der Waals surface area contributed by atoms with Gasteiger partial charge in [-0.05, 0) is 49.4 Å². The van der Waals surface area contributed by atoms with Crippen molar-refractivity contribution in [1.82, 2.24) is 9.55 Å². The van der Waals surface area contributed by atoms with E-state index in [1.807, 2.05) is 55.5 Å². The first-order chi connectivity index (χ1) is 14.7. The third-order valence-corrected chi connectivity index (χ3v) is 5.62. The molecule has 30 heavy (non-hydrogen) atoms. The molecule has 0 unspecified atom stereocenters. The van der Waals surface area contributed by atoms with Gasteiger partial charge in [0.2, 0.25) is 5.91 Å². The van der Waals surface area contributed by atoms with Crippen molar-refractivity contribution in [3.63, 3.8) is 0 Å². The van der Waals surface area contributed by atoms with Crippen LogP contribution in [-0.4, -0.2) is 22.1 Å². The van der Waals surface area contributed by atoms with Gasteiger partial charge in [0.05, 0.1) is 22.5 Å². The molecule has 0 atom stereocenters. The Kier molecular flexibility index (Phi) is 5.90. The smallest absolute Gasteiger partial charge is 0.250 e. The molecule has 2 aromatic heterocycles. The molecular formula is C23H21N3O3S. The van der Waals surface area contributed by atoms with Gasteiger partial charge in [0.25, 0.3) is 5.56 Å². The van der Waals surface area contributed by atoms with Crippen LogP contribution in [0, 0.1) is 0 Å². The van der Waals surface area contributed by atoms with Crippen molar-refractivity contribution < 1.29 is 9.53 Å². The van der Waals surface area contributed by atoms with E-state index in [9.17, 15) is 9.59 Å². The lowest BCUT2D eigenvalue weighted by atomic mass is 10.2. The van der Waals surface area contributed by atoms with Crippen molar-refractivity contribution in [3.05, 3.63) is 83.3 Å². The first-order valence-corrected chi connectivity index (χ1v) is 10.5. The van der Waals surface area contributed by atoms with Crippen LogP contribution in [0.15, 0.2) is 77.7 Å². The number of nitrogens with zero attached hydrogens (tertiary/aromatic N) is 3. The van der Waals surface area contributed by atoms with Gasteiger partial charge >= 0.3 is 0 Å². The highest BCUT2D eigenvalue weighted by Gasteiger charge is 2.22. The molecule has 0 saturated heterocycles. The molecule has 152 valence electrons. The van der Waals surface area contributed by atoms with Gasteiger partial charge in [0.15, 0.2) is 5.13 Å². The van der Waals surface area contributed by atoms with E-state index in [0.29, 0.717) is 24.0 Å². The Hall–Kier alpha value is -3.45. The van der Waals surface area contributed by atoms with E-state index < -0.39 is 0 Å². The van der Waals surface area contributed by atoms with E-state index in [0.717, 1.165) is 16.0 Å². The lowest BCUT2D eigenvalue weighted by molar-refractivity contribution is -0.118. The summed E-state index contributed by atoms with van der Waals surface area (Å²) in [6, 6.07) is 20.1. The van der Waals surface area contributed by atoms with E-state index in [4.69, 9.17) is 4.74 Å². The fourth-order valence-electron chi connectivity index (χ4n) is 3.15. The molecule has 7 heteroatoms. The van der Waals surface area contributed by atoms with Gasteiger partial charge in [0, 0.05) is 25.2 Å². The number of para-hydroxylation sites is 1. The summed E-state index contributed by atoms with van der Waals surface area (Å²) in [5.41, 5.74) is 1.43. The zero-order valence-electron chi connectivity index (χ0n) is 16.5. The Bertz CT molecular complexity index is 1180. The SMILES string of the molecule is CCOc1ccc(N(C(=O)CCn2ccccc2=O)c2nc3ccccc3s2)cc1. The molecule has 0 N–H and O–H groups in total. The van der Waals surface area contributed by atoms with Crippen LogP contribution in [0.3, 0.4) is 0 Å². The lowest BCUT2D eigenvalue weighted by Crippen LogP contribution is -2.28. The molecule has 2 aromatic carbocycles. The van der Waals surface area contributed by atoms with Gasteiger partial charge in [-0.15, -0.1) is 0 Å². The first kappa shape index (κ1) is 19.8. The molecule has 0 radical (unpaired) electrons. The van der Waals surface area contributed by atoms with Gasteiger partial charge in [-0.2, -0.15) is 0 Å². The van der Waals surface area contributed by atoms with Gasteiger partial charge in [-0.25, -0.2) is 4.98 Å². The monoisotopic (exact) mass is 419 g/mol. The topological polar surface area (TPSA) is 64.4 Å². The second-order valence-electron chi connectivity index (χ2n) is 6.60. The van der Waals surface area contributed by atoms with Crippen LogP contribution in [0.2, 0.25) is 0 Å². The standard InChI is InChI=1S/C23H21N3O3S/c1-2-29-18-12-10-17(11-13-18)26(23-24-19-7-3-4-8-20(19)30-23)22(28)14-16-25-15-6-5-9-21(25)27/h3-13,15H,2,14,16H2,1H3. The van der Waals surface area contributed by atoms with Gasteiger partial charge in [-0.1, -0.05) is 29.5 Å². The number of anilines is 2. The highest BCUT2D eigenvalue weighted by molar-refractivity contribution is 7.22. The number of carbonyl (C=O) groups excluding carboxylic acids is 1. The number of aryl methyl sites for hydroxylation is 1. The van der Waals surface area contributed by atoms with E-state index in [1.165, 1.54) is 22.0 Å². The Balaban J connectivity index is 1.66. The molecule has 4 aromatic rings. The molecule has 6 nitrogen and oxygen atoms in total. The number of carbonyl (C=O) groups is 1. The normalized spacial score (nSPS) is 10.8. The predicted molar refractivity (Wildman–Crippen MR) is 120 cm³/mol. The van der Waals surface area contributed by atoms with Gasteiger partial charge in [-0.3, -0.25) is 14.5 Å². The number of hydrogen-bond donors (Lipinski definition) is 0. The molecule has 0 saturated carbocycles. The summed E-state index contributed by atoms with van der Waals surface area (Å²) >= 11 is 1.46. The molecular weight excluding hydrogens is 398 g/mol. The number of fused-ring (bicyclic) bond motifs is 1. The Labute approximate surface area is 178 Å². The van der Waals surface area contributed by atoms with E-state index in [-0.39, 0.29) is 17.9 Å². The number of hydrogen-bond acceptors (Lipinski definition) is 5. The zero-order chi connectivity index (χ0) is 20.9. The average molecular weight is 420 g/mol. The summed E-state index contributed by atoms with van der Waals surface area (Å²) < 4.78 is 8.06. The minimum absolute atomic E-state index is 0.127. The van der Waals surface area contributed by atoms with Gasteiger partial charge in [0.1, 0.15) is 5.75 Å². The maximum atomic E-state index is 13.3. The van der Waals surface area contributed by atoms with Crippen LogP contribution in [0.4, 0.5) is 10.8 Å². The molecule has 4 rings (SSSR count). The summed E-state index contributed by atoms with van der Waals surface area (Å²) in [6.45, 7) is 2.80. The van der Waals surface area contributed by atoms with Crippen molar-refractivity contribution in [2.75, 3.05) is 11.5 Å². The predicted octanol–water partition coefficient (Wildman–Crippen LogP) is 4.61. The molecule has 0 bridgehead atoms. The van der Waals surface area contributed by atoms with Crippen LogP contribution in [0.5, 0.6) is 5.75 Å². The Morgan fingerprint density at radius 1 is 1.07 bits per heavy atom. The number of amides is 1. The molecule has 0 aliphatic rings. The third kappa shape index (κ3) is 4.26. The summed E-state index contributed by atoms with van der Waals surface area (Å²) in [5.74, 6) is 0.614. The fourth-order valence-corrected chi connectivity index (χ4v) is 4.15. The fraction of sp³-hybridized carbons (Fsp3) is 0.174. The number of thiazole rings is 1. The van der Waals surface area contributed by atoms with E-state index in [2.05, 4.69) is 4.98 Å². The van der Waals surface area contributed by atoms with Crippen molar-refractivity contribution >= 4 is 38.3 Å². The molecule has 0 aliphatic carbocycles. The minimum Gasteiger partial charge on any atom is -0.494 e. The number of pyridine rings is 1. The Morgan fingerprint density at radius 3 is 2.57 bits per heavy atom. The molecule has 0 fully saturated rings. The van der Waals surface area contributed by atoms with E-state index in [1.54, 1.807) is 23.2 Å². The van der Waals surface area contributed by atoms with Crippen LogP contribution in [0.25, 0.3) is 10.2 Å². The third-order valence-electron chi connectivity index (χ3n) is 4.59. The van der Waals surface area contributed by atoms with Crippen molar-refractivity contribution in [2.24, 2.45) is 0 Å². The van der Waals surface area contributed by atoms with Gasteiger partial charge < -0.3 is 9.30 Å². The highest BCUT2D eigenvalue weighted by Crippen LogP contribution is 2.34. The Morgan fingerprint density at radius 2 is 1.83 bits per heavy atom. The number of benzene rings is 2. The van der Waals surface area contributed by atoms with Crippen molar-refractivity contribution in [2.45, 2.75) is 19.9 Å². The summed E-state index contributed by atoms with van der Waals surface area (Å²) in [4.78, 5) is 31.5. The largest absolute Gasteiger partial charge is 0.494 e. The van der Waals surface area contributed by atoms with Crippen molar-refractivity contribution in [3.8, 4) is 5.75 Å². The second-order valence-corrected chi connectivity index (χ2v) is 7.61. The van der Waals surface area contributed by atoms with Crippen LogP contribution in [0.1, 0.15) is 13.3 Å². The van der Waals surface area contributed by atoms with Crippen LogP contribution >= 0.6 is 11.3 Å². The van der Waals surface area contributed by atoms with Crippen molar-refractivity contribution in [1.29, 1.82) is 0 Å². The maximum Gasteiger partial charge on any atom is 0.250 e. The first-order valence-electron chi connectivity index (χ1n) is 9.72. The zero-order valence-corrected chi connectivity index (χ0v) is 17.3. The highest BCUT2D eigenvalue weighted by atomic mass is 32.1. The summed E-state index contributed by atoms with van der Waals surface area (Å²) in [6.07, 6.45) is 1.86. The molecule has 1 amide bonds. The molecule has 2 heterocycles. The molecule has 0 aliphatic heterocycles. The summed E-state index contributed by atoms with van der Waals surface area (Å²) in [7, 11) is 0. The summed E-state index contributed by atoms with van der Waals surface area (Å²) in [5, 5.41) is 0.603. The average Bonchev–Trinajstić information content (AvgIpc) is 3.18. The van der Waals surface area contributed by atoms with Crippen LogP contribution < -0.4 is 15.2 Å². The number of rotatable bonds is 7. The maximum absolute atomic E-state index is 13.3. The minimum atomic E-state index is -0.131.